The van der Waals surface area contributed by atoms with E-state index in [2.05, 4.69) is 67.1 Å². The number of likely N-dealkylation sites (N-methyl/N-ethyl adjacent to an activating group) is 2. The summed E-state index contributed by atoms with van der Waals surface area (Å²) in [6, 6.07) is 20.6. The number of aryl methyl sites for hydroxylation is 5. The second-order valence-corrected chi connectivity index (χ2v) is 31.4. The summed E-state index contributed by atoms with van der Waals surface area (Å²) in [7, 11) is 14.8. The number of alkyl halides is 9. The molecule has 0 radical (unpaired) electrons. The Labute approximate surface area is 708 Å². The van der Waals surface area contributed by atoms with Crippen molar-refractivity contribution in [1.29, 1.82) is 0 Å². The van der Waals surface area contributed by atoms with E-state index in [4.69, 9.17) is 11.6 Å². The molecule has 0 atom stereocenters. The van der Waals surface area contributed by atoms with E-state index in [0.717, 1.165) is 115 Å². The zero-order valence-corrected chi connectivity index (χ0v) is 71.3. The molecule has 0 unspecified atom stereocenters. The maximum atomic E-state index is 15.0. The van der Waals surface area contributed by atoms with Gasteiger partial charge in [-0.25, -0.2) is 18.4 Å². The molecule has 0 bridgehead atoms. The quantitative estimate of drug-likeness (QED) is 0.0533. The van der Waals surface area contributed by atoms with Gasteiger partial charge in [0.1, 0.15) is 17.1 Å². The van der Waals surface area contributed by atoms with Crippen LogP contribution in [-0.4, -0.2) is 207 Å². The number of hydrogen-bond acceptors (Lipinski definition) is 18. The Bertz CT molecular complexity index is 5840. The van der Waals surface area contributed by atoms with Crippen molar-refractivity contribution in [3.63, 3.8) is 0 Å². The summed E-state index contributed by atoms with van der Waals surface area (Å²) in [5.74, 6) is -3.12. The van der Waals surface area contributed by atoms with Crippen molar-refractivity contribution in [3.05, 3.63) is 212 Å². The molecule has 123 heavy (non-hydrogen) atoms. The molecular weight excluding hydrogens is 1630 g/mol. The van der Waals surface area contributed by atoms with Crippen molar-refractivity contribution >= 4 is 63.4 Å². The Kier molecular flexibility index (Phi) is 27.2. The summed E-state index contributed by atoms with van der Waals surface area (Å²) in [4.78, 5) is 51.4. The first-order valence-corrected chi connectivity index (χ1v) is 39.8. The molecule has 2 saturated heterocycles. The van der Waals surface area contributed by atoms with Crippen LogP contribution in [0.3, 0.4) is 0 Å². The molecule has 8 heterocycles. The van der Waals surface area contributed by atoms with Crippen LogP contribution in [0.1, 0.15) is 106 Å². The van der Waals surface area contributed by atoms with Gasteiger partial charge in [-0.05, 0) is 210 Å². The van der Waals surface area contributed by atoms with Crippen LogP contribution in [0.15, 0.2) is 128 Å². The number of rotatable bonds is 22. The third-order valence-corrected chi connectivity index (χ3v) is 22.5. The minimum absolute atomic E-state index is 0.105. The fourth-order valence-corrected chi connectivity index (χ4v) is 14.5. The minimum atomic E-state index is -4.95. The zero-order chi connectivity index (χ0) is 89.0. The van der Waals surface area contributed by atoms with Crippen molar-refractivity contribution in [2.75, 3.05) is 131 Å². The number of benzene rings is 6. The molecule has 2 aliphatic rings. The minimum Gasteiger partial charge on any atom is -0.374 e. The molecule has 0 spiro atoms. The van der Waals surface area contributed by atoms with Gasteiger partial charge in [-0.15, -0.1) is 15.3 Å². The Hall–Kier alpha value is -12.4. The average Bonchev–Trinajstić information content (AvgIpc) is 1.78. The topological polar surface area (TPSA) is 252 Å². The van der Waals surface area contributed by atoms with Crippen molar-refractivity contribution in [1.82, 2.24) is 89.0 Å². The second-order valence-electron chi connectivity index (χ2n) is 31.0. The van der Waals surface area contributed by atoms with Gasteiger partial charge in [-0.1, -0.05) is 39.4 Å². The molecular formula is C85H95ClF10N24O3. The number of nitrogens with zero attached hydrogens (tertiary/aromatic N) is 21. The molecule has 6 aromatic carbocycles. The molecule has 650 valence electrons. The maximum Gasteiger partial charge on any atom is 0.419 e. The summed E-state index contributed by atoms with van der Waals surface area (Å²) in [5.41, 5.74) is 9.69. The van der Waals surface area contributed by atoms with Gasteiger partial charge in [0.2, 0.25) is 0 Å². The van der Waals surface area contributed by atoms with Gasteiger partial charge in [0.25, 0.3) is 17.7 Å². The van der Waals surface area contributed by atoms with E-state index >= 15 is 4.39 Å². The lowest BCUT2D eigenvalue weighted by Gasteiger charge is -2.34. The monoisotopic (exact) mass is 1720 g/mol. The van der Waals surface area contributed by atoms with Gasteiger partial charge in [0.15, 0.2) is 5.82 Å². The lowest BCUT2D eigenvalue weighted by atomic mass is 10.0. The highest BCUT2D eigenvalue weighted by atomic mass is 35.5. The summed E-state index contributed by atoms with van der Waals surface area (Å²) < 4.78 is 149. The number of nitrogens with one attached hydrogen (secondary N) is 3. The summed E-state index contributed by atoms with van der Waals surface area (Å²) in [6.07, 6.45) is -0.785. The fraction of sp³-hybridized carbons (Fsp3) is 0.365. The van der Waals surface area contributed by atoms with E-state index in [1.165, 1.54) is 28.9 Å². The molecule has 0 aliphatic carbocycles. The van der Waals surface area contributed by atoms with Gasteiger partial charge in [0.05, 0.1) is 81.6 Å². The van der Waals surface area contributed by atoms with Crippen molar-refractivity contribution in [2.45, 2.75) is 86.3 Å². The molecule has 2 fully saturated rings. The number of carbonyl (C=O) groups is 3. The Balaban J connectivity index is 0.000000168. The standard InChI is InChI=1S/C30H35F3N8O.C29H35F3N8O.C26H25ClF4N8O/c1-19-8-9-22(14-27(19)41-18-26(36-37-41)24-17-34-39(5)21(24)3)29(42)35-25-15-23(30(31,32)33)16-28(20(25)2)38(4)12-13-40-10-6-7-11-40;1-18-9-10-21(13-26(18)40-17-25(35-36-40)23-16-33-39(7)20(23)3)28(41)34-24-14-22(29(30,31)32)15-27(19(24)2)38(6)12-8-11-37(4)5;1-15-18(13-32-37(15)3)21-14-39(35-34-21)22-10-16(4-5-20(22)27)25(40)33-17-11-19(26(29,30)31)24(28)23(12-17)38-8-6-36(2)7-9-38/h8-9,14-18H,6-7,10-13H2,1-5H3,(H,35,42);9-10,13-17H,8,11-12H2,1-7H3,(H,34,41);4-5,10-14H,6-9H2,1-3H3,(H,33,40). The summed E-state index contributed by atoms with van der Waals surface area (Å²) >= 11 is 6.38. The first-order chi connectivity index (χ1) is 58.1. The Morgan fingerprint density at radius 2 is 0.870 bits per heavy atom. The lowest BCUT2D eigenvalue weighted by Crippen LogP contribution is -2.45. The van der Waals surface area contributed by atoms with Crippen molar-refractivity contribution in [2.24, 2.45) is 21.1 Å². The number of aromatic nitrogens is 15. The Morgan fingerprint density at radius 3 is 1.28 bits per heavy atom. The van der Waals surface area contributed by atoms with Crippen LogP contribution < -0.4 is 30.7 Å². The van der Waals surface area contributed by atoms with E-state index in [0.29, 0.717) is 102 Å². The molecule has 2 aliphatic heterocycles. The summed E-state index contributed by atoms with van der Waals surface area (Å²) in [6.45, 7) is 19.5. The molecule has 3 N–H and O–H groups in total. The van der Waals surface area contributed by atoms with E-state index in [1.54, 1.807) is 142 Å². The van der Waals surface area contributed by atoms with E-state index in [1.807, 2.05) is 84.6 Å². The predicted octanol–water partition coefficient (Wildman–Crippen LogP) is 15.4. The normalized spacial score (nSPS) is 13.4. The highest BCUT2D eigenvalue weighted by molar-refractivity contribution is 6.32. The third-order valence-electron chi connectivity index (χ3n) is 22.1. The zero-order valence-electron chi connectivity index (χ0n) is 70.6. The first kappa shape index (κ1) is 89.9. The van der Waals surface area contributed by atoms with Gasteiger partial charge in [-0.2, -0.15) is 54.8 Å². The van der Waals surface area contributed by atoms with E-state index < -0.39 is 58.8 Å². The highest BCUT2D eigenvalue weighted by Gasteiger charge is 2.39. The number of carbonyl (C=O) groups excluding carboxylic acids is 3. The van der Waals surface area contributed by atoms with Crippen LogP contribution in [0.2, 0.25) is 5.02 Å². The fourth-order valence-electron chi connectivity index (χ4n) is 14.3. The first-order valence-electron chi connectivity index (χ1n) is 39.4. The second kappa shape index (κ2) is 37.2. The van der Waals surface area contributed by atoms with Crippen LogP contribution in [-0.2, 0) is 39.7 Å². The smallest absolute Gasteiger partial charge is 0.374 e. The number of anilines is 6. The van der Waals surface area contributed by atoms with Gasteiger partial charge < -0.3 is 45.3 Å². The lowest BCUT2D eigenvalue weighted by molar-refractivity contribution is -0.140. The number of amides is 3. The van der Waals surface area contributed by atoms with Crippen LogP contribution in [0, 0.1) is 54.3 Å². The largest absolute Gasteiger partial charge is 0.419 e. The van der Waals surface area contributed by atoms with Crippen LogP contribution in [0.25, 0.3) is 50.8 Å². The molecule has 12 aromatic rings. The number of piperazine rings is 1. The van der Waals surface area contributed by atoms with E-state index in [-0.39, 0.29) is 44.5 Å². The maximum absolute atomic E-state index is 15.0. The molecule has 27 nitrogen and oxygen atoms in total. The van der Waals surface area contributed by atoms with Crippen LogP contribution >= 0.6 is 11.6 Å². The number of likely N-dealkylation sites (tertiary alicyclic amines) is 1. The SMILES string of the molecule is Cc1c(-c2cn(-c3cc(C(=O)Nc4cc(N5CCN(C)CC5)c(F)c(C(F)(F)F)c4)ccc3Cl)nn2)cnn1C.Cc1ccc(C(=O)Nc2cc(C(F)(F)F)cc(N(C)CCCN(C)C)c2C)cc1-n1cc(-c2cnn(C)c2C)nn1.Cc1ccc(C(=O)Nc2cc(C(F)(F)F)cc(N(C)CCN3CCCC3)c2C)cc1-n1cc(-c2cnn(C)c2C)nn1. The molecule has 14 rings (SSSR count). The van der Waals surface area contributed by atoms with Crippen LogP contribution in [0.4, 0.5) is 78.0 Å². The van der Waals surface area contributed by atoms with Crippen molar-refractivity contribution < 1.29 is 58.3 Å². The average molecular weight is 1730 g/mol. The van der Waals surface area contributed by atoms with E-state index in [9.17, 15) is 53.9 Å². The predicted molar refractivity (Wildman–Crippen MR) is 452 cm³/mol. The third kappa shape index (κ3) is 20.9. The van der Waals surface area contributed by atoms with Gasteiger partial charge in [0, 0.05) is 160 Å². The van der Waals surface area contributed by atoms with Crippen LogP contribution in [0.5, 0.6) is 0 Å². The number of halogens is 11. The van der Waals surface area contributed by atoms with Gasteiger partial charge in [-0.3, -0.25) is 28.4 Å². The molecule has 38 heteroatoms. The van der Waals surface area contributed by atoms with Crippen molar-refractivity contribution in [3.8, 4) is 50.8 Å². The molecule has 6 aromatic heterocycles. The van der Waals surface area contributed by atoms with Gasteiger partial charge >= 0.3 is 18.5 Å². The highest BCUT2D eigenvalue weighted by Crippen LogP contribution is 2.42. The summed E-state index contributed by atoms with van der Waals surface area (Å²) in [5, 5.41) is 46.2. The molecule has 0 saturated carbocycles. The number of hydrogen-bond donors (Lipinski definition) is 3. The molecule has 3 amide bonds. The Morgan fingerprint density at radius 1 is 0.463 bits per heavy atom.